The summed E-state index contributed by atoms with van der Waals surface area (Å²) in [4.78, 5) is 0. The van der Waals surface area contributed by atoms with Crippen molar-refractivity contribution in [1.29, 1.82) is 0 Å². The van der Waals surface area contributed by atoms with Gasteiger partial charge in [-0.2, -0.15) is 0 Å². The van der Waals surface area contributed by atoms with E-state index in [-0.39, 0.29) is 21.1 Å². The molecular formula is C37H72O3Si2. The third-order valence-corrected chi connectivity index (χ3v) is 24.1. The quantitative estimate of drug-likeness (QED) is 0.274. The molecular weight excluding hydrogens is 549 g/mol. The fourth-order valence-corrected chi connectivity index (χ4v) is 13.7. The molecule has 0 bridgehead atoms. The van der Waals surface area contributed by atoms with E-state index in [9.17, 15) is 5.11 Å². The second kappa shape index (κ2) is 11.5. The predicted molar refractivity (Wildman–Crippen MR) is 185 cm³/mol. The van der Waals surface area contributed by atoms with Gasteiger partial charge in [-0.1, -0.05) is 75.7 Å². The van der Waals surface area contributed by atoms with Crippen molar-refractivity contribution in [3.05, 3.63) is 0 Å². The van der Waals surface area contributed by atoms with Crippen LogP contribution in [0.3, 0.4) is 0 Å². The second-order valence-corrected chi connectivity index (χ2v) is 29.0. The first-order valence-electron chi connectivity index (χ1n) is 18.1. The van der Waals surface area contributed by atoms with Crippen LogP contribution >= 0.6 is 0 Å². The molecule has 4 aliphatic carbocycles. The van der Waals surface area contributed by atoms with Crippen molar-refractivity contribution in [3.8, 4) is 0 Å². The monoisotopic (exact) mass is 621 g/mol. The van der Waals surface area contributed by atoms with Gasteiger partial charge >= 0.3 is 0 Å². The van der Waals surface area contributed by atoms with Gasteiger partial charge in [0.15, 0.2) is 16.6 Å². The summed E-state index contributed by atoms with van der Waals surface area (Å²) in [6.45, 7) is 34.7. The highest BCUT2D eigenvalue weighted by molar-refractivity contribution is 6.74. The van der Waals surface area contributed by atoms with Gasteiger partial charge < -0.3 is 14.0 Å². The Bertz CT molecular complexity index is 950. The molecule has 246 valence electrons. The molecule has 0 aromatic heterocycles. The lowest BCUT2D eigenvalue weighted by Gasteiger charge is -2.66. The van der Waals surface area contributed by atoms with Crippen LogP contribution in [-0.4, -0.2) is 40.1 Å². The van der Waals surface area contributed by atoms with Crippen LogP contribution in [0.2, 0.25) is 36.3 Å². The topological polar surface area (TPSA) is 38.7 Å². The Morgan fingerprint density at radius 3 is 2.00 bits per heavy atom. The average molecular weight is 621 g/mol. The van der Waals surface area contributed by atoms with E-state index in [0.717, 1.165) is 17.8 Å². The maximum atomic E-state index is 10.3. The van der Waals surface area contributed by atoms with Crippen LogP contribution in [0.15, 0.2) is 0 Å². The summed E-state index contributed by atoms with van der Waals surface area (Å²) in [7, 11) is -3.83. The van der Waals surface area contributed by atoms with Gasteiger partial charge in [-0.05, 0) is 140 Å². The number of hydrogen-bond donors (Lipinski definition) is 1. The maximum Gasteiger partial charge on any atom is 0.192 e. The molecule has 4 rings (SSSR count). The fraction of sp³-hybridized carbons (Fsp3) is 1.00. The van der Waals surface area contributed by atoms with Crippen molar-refractivity contribution in [2.75, 3.05) is 6.61 Å². The van der Waals surface area contributed by atoms with Gasteiger partial charge in [0.2, 0.25) is 0 Å². The lowest BCUT2D eigenvalue weighted by molar-refractivity contribution is -0.188. The van der Waals surface area contributed by atoms with Crippen molar-refractivity contribution >= 4 is 16.6 Å². The normalized spacial score (nSPS) is 42.1. The zero-order chi connectivity index (χ0) is 31.7. The molecule has 4 aliphatic rings. The summed E-state index contributed by atoms with van der Waals surface area (Å²) in [5, 5.41) is 10.7. The van der Waals surface area contributed by atoms with E-state index in [2.05, 4.69) is 95.4 Å². The maximum absolute atomic E-state index is 10.3. The van der Waals surface area contributed by atoms with E-state index in [1.165, 1.54) is 64.2 Å². The van der Waals surface area contributed by atoms with Gasteiger partial charge in [-0.25, -0.2) is 0 Å². The summed E-state index contributed by atoms with van der Waals surface area (Å²) in [5.74, 6) is 3.92. The number of fused-ring (bicyclic) bond motifs is 5. The second-order valence-electron chi connectivity index (χ2n) is 19.5. The van der Waals surface area contributed by atoms with Crippen LogP contribution < -0.4 is 0 Å². The first-order chi connectivity index (χ1) is 19.1. The van der Waals surface area contributed by atoms with Gasteiger partial charge in [-0.15, -0.1) is 0 Å². The molecule has 0 heterocycles. The lowest BCUT2D eigenvalue weighted by Crippen LogP contribution is -2.63. The molecule has 0 radical (unpaired) electrons. The van der Waals surface area contributed by atoms with Crippen LogP contribution in [0.1, 0.15) is 133 Å². The van der Waals surface area contributed by atoms with Gasteiger partial charge in [0.05, 0.1) is 5.60 Å². The van der Waals surface area contributed by atoms with Gasteiger partial charge in [0, 0.05) is 12.7 Å². The minimum atomic E-state index is -1.95. The number of aliphatic hydroxyl groups excluding tert-OH is 1. The molecule has 0 saturated heterocycles. The molecule has 0 spiro atoms. The molecule has 1 N–H and O–H groups in total. The molecule has 3 nitrogen and oxygen atoms in total. The molecule has 0 aromatic carbocycles. The standard InChI is InChI=1S/C37H72O3Si2/c1-15-20-37(40-42(13,14)34(6,7)8)22-21-35(9)27(23-37)16-17-28-30-19-18-29(26(2)25-38)36(30,10)24-31(32(28)35)39-41(11,12)33(3,4)5/h26-32,38H,15-25H2,1-14H3/t26?,27-,28+,29-,30+,31?,32-,35+,36-,37?/m1/s1. The molecule has 42 heavy (non-hydrogen) atoms. The highest BCUT2D eigenvalue weighted by Crippen LogP contribution is 2.70. The zero-order valence-corrected chi connectivity index (χ0v) is 32.6. The molecule has 10 atom stereocenters. The summed E-state index contributed by atoms with van der Waals surface area (Å²) >= 11 is 0. The Balaban J connectivity index is 1.72. The molecule has 5 heteroatoms. The van der Waals surface area contributed by atoms with Crippen molar-refractivity contribution in [2.24, 2.45) is 46.3 Å². The number of hydrogen-bond acceptors (Lipinski definition) is 3. The Labute approximate surface area is 264 Å². The molecule has 0 amide bonds. The van der Waals surface area contributed by atoms with Gasteiger partial charge in [-0.3, -0.25) is 0 Å². The molecule has 4 saturated carbocycles. The largest absolute Gasteiger partial charge is 0.414 e. The van der Waals surface area contributed by atoms with E-state index in [1.54, 1.807) is 0 Å². The molecule has 3 unspecified atom stereocenters. The highest BCUT2D eigenvalue weighted by atomic mass is 28.4. The minimum Gasteiger partial charge on any atom is -0.414 e. The van der Waals surface area contributed by atoms with E-state index < -0.39 is 16.6 Å². The van der Waals surface area contributed by atoms with Crippen LogP contribution in [0, 0.1) is 46.3 Å². The summed E-state index contributed by atoms with van der Waals surface area (Å²) in [6.07, 6.45) is 13.1. The van der Waals surface area contributed by atoms with Crippen LogP contribution in [0.4, 0.5) is 0 Å². The van der Waals surface area contributed by atoms with Crippen molar-refractivity contribution < 1.29 is 14.0 Å². The Morgan fingerprint density at radius 2 is 1.45 bits per heavy atom. The lowest BCUT2D eigenvalue weighted by atomic mass is 9.42. The first kappa shape index (κ1) is 35.2. The molecule has 4 fully saturated rings. The van der Waals surface area contributed by atoms with Crippen LogP contribution in [0.25, 0.3) is 0 Å². The number of rotatable bonds is 8. The molecule has 0 aliphatic heterocycles. The fourth-order valence-electron chi connectivity index (χ4n) is 10.7. The third kappa shape index (κ3) is 5.95. The van der Waals surface area contributed by atoms with Crippen molar-refractivity contribution in [3.63, 3.8) is 0 Å². The zero-order valence-electron chi connectivity index (χ0n) is 30.6. The summed E-state index contributed by atoms with van der Waals surface area (Å²) < 4.78 is 15.1. The number of aliphatic hydroxyl groups is 1. The van der Waals surface area contributed by atoms with Gasteiger partial charge in [0.1, 0.15) is 0 Å². The predicted octanol–water partition coefficient (Wildman–Crippen LogP) is 10.8. The smallest absolute Gasteiger partial charge is 0.192 e. The Morgan fingerprint density at radius 1 is 0.833 bits per heavy atom. The van der Waals surface area contributed by atoms with E-state index in [4.69, 9.17) is 8.85 Å². The SMILES string of the molecule is CCCC1(O[Si](C)(C)C(C)(C)C)CC[C@@]2(C)[C@H](CC[C@H]3[C@@H]4CC[C@H](C(C)CO)[C@@]4(C)CC(O[Si](C)(C)C(C)(C)C)[C@@H]32)C1. The first-order valence-corrected chi connectivity index (χ1v) is 23.9. The molecule has 0 aromatic rings. The minimum absolute atomic E-state index is 0.0583. The Kier molecular flexibility index (Phi) is 9.66. The van der Waals surface area contributed by atoms with Crippen LogP contribution in [-0.2, 0) is 8.85 Å². The highest BCUT2D eigenvalue weighted by Gasteiger charge is 2.66. The van der Waals surface area contributed by atoms with Crippen LogP contribution in [0.5, 0.6) is 0 Å². The van der Waals surface area contributed by atoms with Crippen molar-refractivity contribution in [2.45, 2.75) is 181 Å². The van der Waals surface area contributed by atoms with E-state index in [1.807, 2.05) is 0 Å². The van der Waals surface area contributed by atoms with Gasteiger partial charge in [0.25, 0.3) is 0 Å². The average Bonchev–Trinajstić information content (AvgIpc) is 3.18. The third-order valence-electron chi connectivity index (χ3n) is 15.0. The van der Waals surface area contributed by atoms with E-state index in [0.29, 0.717) is 35.9 Å². The summed E-state index contributed by atoms with van der Waals surface area (Å²) in [5.41, 5.74) is 0.667. The van der Waals surface area contributed by atoms with E-state index >= 15 is 0 Å². The Hall–Kier alpha value is 0.314. The summed E-state index contributed by atoms with van der Waals surface area (Å²) in [6, 6.07) is 0. The van der Waals surface area contributed by atoms with Crippen molar-refractivity contribution in [1.82, 2.24) is 0 Å².